The first-order valence-corrected chi connectivity index (χ1v) is 18.3. The van der Waals surface area contributed by atoms with Gasteiger partial charge in [-0.15, -0.1) is 0 Å². The molecule has 0 spiro atoms. The number of carbonyl (C=O) groups is 1. The highest BCUT2D eigenvalue weighted by Crippen LogP contribution is 2.40. The van der Waals surface area contributed by atoms with E-state index in [1.807, 2.05) is 24.3 Å². The van der Waals surface area contributed by atoms with Crippen molar-refractivity contribution in [1.82, 2.24) is 4.90 Å². The molecule has 1 aliphatic carbocycles. The maximum absolute atomic E-state index is 12.2. The Kier molecular flexibility index (Phi) is 12.0. The molecule has 5 aromatic rings. The zero-order valence-electron chi connectivity index (χ0n) is 30.7. The van der Waals surface area contributed by atoms with Gasteiger partial charge < -0.3 is 14.2 Å². The van der Waals surface area contributed by atoms with Crippen molar-refractivity contribution >= 4 is 5.97 Å². The number of hydrogen-bond acceptors (Lipinski definition) is 5. The normalized spacial score (nSPS) is 15.6. The predicted molar refractivity (Wildman–Crippen MR) is 206 cm³/mol. The van der Waals surface area contributed by atoms with Crippen molar-refractivity contribution in [3.05, 3.63) is 171 Å². The van der Waals surface area contributed by atoms with E-state index in [1.54, 1.807) is 6.92 Å². The molecule has 0 amide bonds. The van der Waals surface area contributed by atoms with E-state index < -0.39 is 6.10 Å². The third-order valence-corrected chi connectivity index (χ3v) is 10.5. The van der Waals surface area contributed by atoms with Gasteiger partial charge in [-0.1, -0.05) is 123 Å². The molecule has 51 heavy (non-hydrogen) atoms. The molecule has 5 aromatic carbocycles. The van der Waals surface area contributed by atoms with Crippen molar-refractivity contribution < 1.29 is 19.0 Å². The summed E-state index contributed by atoms with van der Waals surface area (Å²) in [5, 5.41) is 0. The first kappa shape index (κ1) is 36.1. The van der Waals surface area contributed by atoms with Gasteiger partial charge >= 0.3 is 5.97 Å². The number of benzene rings is 5. The number of rotatable bonds is 14. The third kappa shape index (κ3) is 8.61. The number of aryl methyl sites for hydroxylation is 2. The Morgan fingerprint density at radius 1 is 0.725 bits per heavy atom. The summed E-state index contributed by atoms with van der Waals surface area (Å²) in [5.41, 5.74) is 12.0. The van der Waals surface area contributed by atoms with Crippen LogP contribution in [0.5, 0.6) is 5.75 Å². The minimum absolute atomic E-state index is 0.0985. The number of fused-ring (bicyclic) bond motifs is 2. The zero-order valence-corrected chi connectivity index (χ0v) is 30.7. The van der Waals surface area contributed by atoms with E-state index in [2.05, 4.69) is 123 Å². The van der Waals surface area contributed by atoms with Crippen LogP contribution in [0.3, 0.4) is 0 Å². The standard InChI is InChI=1S/C46H51NO4/c1-6-50-46(48)44(49-5)29-34-17-24-41(25-18-34)51-28-27-47(4)45-42-26-23-38(32(2)35-13-9-7-10-14-35)30-40(42)22-20-37-19-21-39(31-43(37)45)33(3)36-15-11-8-12-16-36/h7-19,21,23-26,30-33,44-45H,6,20,22,27-29H2,1-5H3. The number of ether oxygens (including phenoxy) is 3. The van der Waals surface area contributed by atoms with Gasteiger partial charge in [-0.3, -0.25) is 4.90 Å². The molecule has 0 bridgehead atoms. The van der Waals surface area contributed by atoms with Gasteiger partial charge in [0.1, 0.15) is 12.4 Å². The lowest BCUT2D eigenvalue weighted by Gasteiger charge is -2.31. The average Bonchev–Trinajstić information content (AvgIpc) is 3.33. The molecule has 4 atom stereocenters. The van der Waals surface area contributed by atoms with Crippen molar-refractivity contribution in [3.63, 3.8) is 0 Å². The predicted octanol–water partition coefficient (Wildman–Crippen LogP) is 9.31. The summed E-state index contributed by atoms with van der Waals surface area (Å²) >= 11 is 0. The average molecular weight is 682 g/mol. The van der Waals surface area contributed by atoms with Crippen molar-refractivity contribution in [2.24, 2.45) is 0 Å². The van der Waals surface area contributed by atoms with Gasteiger partial charge in [-0.2, -0.15) is 0 Å². The molecule has 6 rings (SSSR count). The fraction of sp³-hybridized carbons (Fsp3) is 0.326. The monoisotopic (exact) mass is 681 g/mol. The van der Waals surface area contributed by atoms with Gasteiger partial charge in [-0.25, -0.2) is 4.79 Å². The first-order chi connectivity index (χ1) is 24.9. The first-order valence-electron chi connectivity index (χ1n) is 18.3. The van der Waals surface area contributed by atoms with Crippen LogP contribution >= 0.6 is 0 Å². The Balaban J connectivity index is 1.24. The largest absolute Gasteiger partial charge is 0.492 e. The van der Waals surface area contributed by atoms with Crippen LogP contribution in [0.25, 0.3) is 0 Å². The van der Waals surface area contributed by atoms with Crippen molar-refractivity contribution in [1.29, 1.82) is 0 Å². The summed E-state index contributed by atoms with van der Waals surface area (Å²) in [7, 11) is 3.76. The Morgan fingerprint density at radius 3 is 1.96 bits per heavy atom. The van der Waals surface area contributed by atoms with E-state index in [0.29, 0.717) is 31.5 Å². The summed E-state index contributed by atoms with van der Waals surface area (Å²) in [4.78, 5) is 14.7. The number of methoxy groups -OCH3 is 1. The number of likely N-dealkylation sites (N-methyl/N-ethyl adjacent to an activating group) is 1. The number of carbonyl (C=O) groups excluding carboxylic acids is 1. The van der Waals surface area contributed by atoms with E-state index in [9.17, 15) is 4.79 Å². The highest BCUT2D eigenvalue weighted by atomic mass is 16.6. The quantitative estimate of drug-likeness (QED) is 0.109. The van der Waals surface area contributed by atoms with Crippen LogP contribution < -0.4 is 4.74 Å². The molecule has 0 aromatic heterocycles. The second-order valence-electron chi connectivity index (χ2n) is 13.7. The van der Waals surface area contributed by atoms with Crippen LogP contribution in [0, 0.1) is 0 Å². The second kappa shape index (κ2) is 17.0. The van der Waals surface area contributed by atoms with Gasteiger partial charge in [0, 0.05) is 31.9 Å². The van der Waals surface area contributed by atoms with Crippen LogP contribution in [-0.4, -0.2) is 50.9 Å². The minimum Gasteiger partial charge on any atom is -0.492 e. The molecular weight excluding hydrogens is 631 g/mol. The summed E-state index contributed by atoms with van der Waals surface area (Å²) in [6, 6.07) is 44.0. The lowest BCUT2D eigenvalue weighted by atomic mass is 9.86. The lowest BCUT2D eigenvalue weighted by molar-refractivity contribution is -0.154. The molecule has 5 nitrogen and oxygen atoms in total. The smallest absolute Gasteiger partial charge is 0.335 e. The maximum atomic E-state index is 12.2. The third-order valence-electron chi connectivity index (χ3n) is 10.5. The summed E-state index contributed by atoms with van der Waals surface area (Å²) in [5.74, 6) is 1.08. The van der Waals surface area contributed by atoms with E-state index in [0.717, 1.165) is 30.7 Å². The Labute approximate surface area is 304 Å². The molecule has 0 saturated carbocycles. The molecule has 4 unspecified atom stereocenters. The second-order valence-corrected chi connectivity index (χ2v) is 13.7. The van der Waals surface area contributed by atoms with Crippen LogP contribution in [-0.2, 0) is 33.5 Å². The van der Waals surface area contributed by atoms with Gasteiger partial charge in [0.2, 0.25) is 0 Å². The zero-order chi connectivity index (χ0) is 35.7. The molecule has 0 fully saturated rings. The fourth-order valence-electron chi connectivity index (χ4n) is 7.39. The summed E-state index contributed by atoms with van der Waals surface area (Å²) in [6.45, 7) is 8.05. The molecular formula is C46H51NO4. The molecule has 1 aliphatic rings. The fourth-order valence-corrected chi connectivity index (χ4v) is 7.39. The summed E-state index contributed by atoms with van der Waals surface area (Å²) < 4.78 is 16.8. The minimum atomic E-state index is -0.621. The SMILES string of the molecule is CCOC(=O)C(Cc1ccc(OCCN(C)C2c3ccc(C(C)c4ccccc4)cc3CCc3ccc(C(C)c4ccccc4)cc32)cc1)OC. The summed E-state index contributed by atoms with van der Waals surface area (Å²) in [6.07, 6.45) is 1.86. The van der Waals surface area contributed by atoms with Gasteiger partial charge in [0.25, 0.3) is 0 Å². The molecule has 0 heterocycles. The highest BCUT2D eigenvalue weighted by molar-refractivity contribution is 5.75. The van der Waals surface area contributed by atoms with Crippen molar-refractivity contribution in [3.8, 4) is 5.75 Å². The van der Waals surface area contributed by atoms with E-state index in [4.69, 9.17) is 14.2 Å². The van der Waals surface area contributed by atoms with Crippen LogP contribution in [0.1, 0.15) is 88.7 Å². The van der Waals surface area contributed by atoms with Gasteiger partial charge in [-0.05, 0) is 89.0 Å². The number of nitrogens with zero attached hydrogens (tertiary/aromatic N) is 1. The molecule has 0 radical (unpaired) electrons. The molecule has 0 N–H and O–H groups in total. The topological polar surface area (TPSA) is 48.0 Å². The van der Waals surface area contributed by atoms with Gasteiger partial charge in [0.05, 0.1) is 12.6 Å². The van der Waals surface area contributed by atoms with Crippen LogP contribution in [0.2, 0.25) is 0 Å². The van der Waals surface area contributed by atoms with E-state index in [1.165, 1.54) is 51.6 Å². The van der Waals surface area contributed by atoms with Crippen molar-refractivity contribution in [2.75, 3.05) is 33.9 Å². The van der Waals surface area contributed by atoms with Crippen molar-refractivity contribution in [2.45, 2.75) is 64.0 Å². The van der Waals surface area contributed by atoms with Gasteiger partial charge in [0.15, 0.2) is 6.10 Å². The number of hydrogen-bond donors (Lipinski definition) is 0. The Morgan fingerprint density at radius 2 is 1.33 bits per heavy atom. The van der Waals surface area contributed by atoms with Crippen LogP contribution in [0.4, 0.5) is 0 Å². The highest BCUT2D eigenvalue weighted by Gasteiger charge is 2.29. The van der Waals surface area contributed by atoms with Crippen LogP contribution in [0.15, 0.2) is 121 Å². The van der Waals surface area contributed by atoms with E-state index in [-0.39, 0.29) is 12.0 Å². The molecule has 264 valence electrons. The molecule has 5 heteroatoms. The number of esters is 1. The van der Waals surface area contributed by atoms with E-state index >= 15 is 0 Å². The Bertz CT molecular complexity index is 1870. The lowest BCUT2D eigenvalue weighted by Crippen LogP contribution is -2.30. The Hall–Kier alpha value is -4.71. The molecule has 0 aliphatic heterocycles. The maximum Gasteiger partial charge on any atom is 0.335 e. The molecule has 0 saturated heterocycles.